The summed E-state index contributed by atoms with van der Waals surface area (Å²) in [6.07, 6.45) is 10.5. The van der Waals surface area contributed by atoms with Crippen LogP contribution in [0.1, 0.15) is 44.1 Å². The summed E-state index contributed by atoms with van der Waals surface area (Å²) in [7, 11) is 1.79. The lowest BCUT2D eigenvalue weighted by Crippen LogP contribution is -2.45. The van der Waals surface area contributed by atoms with Gasteiger partial charge in [-0.25, -0.2) is 4.68 Å². The van der Waals surface area contributed by atoms with E-state index in [4.69, 9.17) is 0 Å². The van der Waals surface area contributed by atoms with Crippen LogP contribution >= 0.6 is 24.0 Å². The largest absolute Gasteiger partial charge is 0.352 e. The Kier molecular flexibility index (Phi) is 8.74. The van der Waals surface area contributed by atoms with Crippen LogP contribution in [-0.2, 0) is 11.3 Å². The zero-order valence-corrected chi connectivity index (χ0v) is 20.5. The van der Waals surface area contributed by atoms with Gasteiger partial charge in [0, 0.05) is 51.0 Å². The van der Waals surface area contributed by atoms with Gasteiger partial charge in [-0.3, -0.25) is 9.79 Å². The molecule has 31 heavy (non-hydrogen) atoms. The highest BCUT2D eigenvalue weighted by molar-refractivity contribution is 14.0. The van der Waals surface area contributed by atoms with Gasteiger partial charge in [0.1, 0.15) is 0 Å². The minimum atomic E-state index is 0. The van der Waals surface area contributed by atoms with Crippen molar-refractivity contribution in [2.45, 2.75) is 51.1 Å². The van der Waals surface area contributed by atoms with E-state index in [2.05, 4.69) is 37.8 Å². The van der Waals surface area contributed by atoms with Crippen LogP contribution in [0.25, 0.3) is 5.69 Å². The van der Waals surface area contributed by atoms with Crippen LogP contribution in [0, 0.1) is 5.92 Å². The number of nitrogens with one attached hydrogen (secondary N) is 2. The summed E-state index contributed by atoms with van der Waals surface area (Å²) in [5.41, 5.74) is 2.20. The van der Waals surface area contributed by atoms with E-state index in [0.29, 0.717) is 12.5 Å². The van der Waals surface area contributed by atoms with Gasteiger partial charge in [0.05, 0.1) is 5.69 Å². The van der Waals surface area contributed by atoms with Gasteiger partial charge >= 0.3 is 0 Å². The first-order chi connectivity index (χ1) is 14.7. The molecule has 1 atom stereocenters. The summed E-state index contributed by atoms with van der Waals surface area (Å²) in [5, 5.41) is 11.2. The van der Waals surface area contributed by atoms with Gasteiger partial charge in [0.25, 0.3) is 0 Å². The van der Waals surface area contributed by atoms with E-state index in [1.165, 1.54) is 19.3 Å². The number of rotatable bonds is 5. The Balaban J connectivity index is 0.00000272. The Morgan fingerprint density at radius 1 is 1.19 bits per heavy atom. The monoisotopic (exact) mass is 536 g/mol. The normalized spacial score (nSPS) is 19.7. The second kappa shape index (κ2) is 11.5. The Hall–Kier alpha value is -2.10. The van der Waals surface area contributed by atoms with Gasteiger partial charge < -0.3 is 15.5 Å². The van der Waals surface area contributed by atoms with E-state index in [9.17, 15) is 4.79 Å². The number of carbonyl (C=O) groups is 1. The van der Waals surface area contributed by atoms with Crippen LogP contribution in [0.5, 0.6) is 0 Å². The zero-order chi connectivity index (χ0) is 20.8. The molecule has 1 amide bonds. The molecule has 1 aliphatic carbocycles. The van der Waals surface area contributed by atoms with E-state index in [1.807, 2.05) is 29.1 Å². The van der Waals surface area contributed by atoms with Crippen molar-refractivity contribution >= 4 is 35.8 Å². The molecular formula is C23H33IN6O. The van der Waals surface area contributed by atoms with E-state index >= 15 is 0 Å². The molecule has 1 aromatic carbocycles. The van der Waals surface area contributed by atoms with Crippen LogP contribution in [0.3, 0.4) is 0 Å². The van der Waals surface area contributed by atoms with Gasteiger partial charge in [0.2, 0.25) is 5.91 Å². The summed E-state index contributed by atoms with van der Waals surface area (Å²) < 4.78 is 1.85. The molecule has 4 rings (SSSR count). The number of benzene rings is 1. The van der Waals surface area contributed by atoms with Crippen molar-refractivity contribution in [1.29, 1.82) is 0 Å². The molecule has 1 saturated carbocycles. The molecule has 0 spiro atoms. The van der Waals surface area contributed by atoms with Gasteiger partial charge in [-0.05, 0) is 43.0 Å². The number of hydrogen-bond donors (Lipinski definition) is 2. The fourth-order valence-corrected chi connectivity index (χ4v) is 4.49. The molecule has 1 unspecified atom stereocenters. The predicted octanol–water partition coefficient (Wildman–Crippen LogP) is 3.34. The van der Waals surface area contributed by atoms with E-state index in [-0.39, 0.29) is 35.9 Å². The summed E-state index contributed by atoms with van der Waals surface area (Å²) >= 11 is 0. The molecular weight excluding hydrogens is 503 g/mol. The maximum Gasteiger partial charge on any atom is 0.225 e. The molecule has 1 aliphatic heterocycles. The molecule has 2 aliphatic rings. The fourth-order valence-electron chi connectivity index (χ4n) is 4.49. The van der Waals surface area contributed by atoms with Crippen molar-refractivity contribution in [3.63, 3.8) is 0 Å². The van der Waals surface area contributed by atoms with Crippen molar-refractivity contribution in [2.24, 2.45) is 10.9 Å². The second-order valence-electron chi connectivity index (χ2n) is 8.30. The van der Waals surface area contributed by atoms with E-state index < -0.39 is 0 Å². The third kappa shape index (κ3) is 6.21. The highest BCUT2D eigenvalue weighted by atomic mass is 127. The Morgan fingerprint density at radius 2 is 2.03 bits per heavy atom. The van der Waals surface area contributed by atoms with Gasteiger partial charge in [-0.2, -0.15) is 5.10 Å². The second-order valence-corrected chi connectivity index (χ2v) is 8.30. The first-order valence-electron chi connectivity index (χ1n) is 11.1. The summed E-state index contributed by atoms with van der Waals surface area (Å²) in [6.45, 7) is 2.28. The highest BCUT2D eigenvalue weighted by Gasteiger charge is 2.31. The molecule has 1 saturated heterocycles. The Bertz CT molecular complexity index is 863. The first kappa shape index (κ1) is 23.6. The third-order valence-electron chi connectivity index (χ3n) is 6.16. The number of nitrogens with zero attached hydrogens (tertiary/aromatic N) is 4. The minimum Gasteiger partial charge on any atom is -0.352 e. The molecule has 2 fully saturated rings. The standard InChI is InChI=1S/C23H32N6O.HI/c1-24-23(25-16-18-7-5-10-21(15-18)29-13-6-12-26-29)27-20-11-14-28(17-20)22(30)19-8-3-2-4-9-19;/h5-7,10,12-13,15,19-20H,2-4,8-9,11,14,16-17H2,1H3,(H2,24,25,27);1H. The lowest BCUT2D eigenvalue weighted by atomic mass is 9.88. The summed E-state index contributed by atoms with van der Waals surface area (Å²) in [5.74, 6) is 1.38. The predicted molar refractivity (Wildman–Crippen MR) is 134 cm³/mol. The molecule has 1 aromatic heterocycles. The molecule has 0 bridgehead atoms. The highest BCUT2D eigenvalue weighted by Crippen LogP contribution is 2.26. The van der Waals surface area contributed by atoms with Crippen molar-refractivity contribution < 1.29 is 4.79 Å². The van der Waals surface area contributed by atoms with Crippen LogP contribution in [0.4, 0.5) is 0 Å². The quantitative estimate of drug-likeness (QED) is 0.350. The SMILES string of the molecule is CN=C(NCc1cccc(-n2cccn2)c1)NC1CCN(C(=O)C2CCCCC2)C1.I. The lowest BCUT2D eigenvalue weighted by Gasteiger charge is -2.26. The molecule has 2 N–H and O–H groups in total. The first-order valence-corrected chi connectivity index (χ1v) is 11.1. The summed E-state index contributed by atoms with van der Waals surface area (Å²) in [4.78, 5) is 19.2. The van der Waals surface area contributed by atoms with Crippen molar-refractivity contribution in [3.8, 4) is 5.69 Å². The number of hydrogen-bond acceptors (Lipinski definition) is 3. The molecule has 0 radical (unpaired) electrons. The van der Waals surface area contributed by atoms with Crippen LogP contribution in [0.2, 0.25) is 0 Å². The van der Waals surface area contributed by atoms with E-state index in [0.717, 1.165) is 49.6 Å². The molecule has 7 nitrogen and oxygen atoms in total. The lowest BCUT2D eigenvalue weighted by molar-refractivity contribution is -0.135. The van der Waals surface area contributed by atoms with Crippen LogP contribution < -0.4 is 10.6 Å². The molecule has 8 heteroatoms. The van der Waals surface area contributed by atoms with Gasteiger partial charge in [-0.15, -0.1) is 24.0 Å². The van der Waals surface area contributed by atoms with Gasteiger partial charge in [0.15, 0.2) is 5.96 Å². The van der Waals surface area contributed by atoms with Crippen LogP contribution in [0.15, 0.2) is 47.7 Å². The number of carbonyl (C=O) groups excluding carboxylic acids is 1. The zero-order valence-electron chi connectivity index (χ0n) is 18.2. The number of amides is 1. The minimum absolute atomic E-state index is 0. The van der Waals surface area contributed by atoms with Crippen molar-refractivity contribution in [1.82, 2.24) is 25.3 Å². The Labute approximate surface area is 201 Å². The number of aliphatic imine (C=N–C) groups is 1. The Morgan fingerprint density at radius 3 is 2.77 bits per heavy atom. The molecule has 2 aromatic rings. The number of guanidine groups is 1. The fraction of sp³-hybridized carbons (Fsp3) is 0.522. The average Bonchev–Trinajstić information content (AvgIpc) is 3.49. The number of aromatic nitrogens is 2. The summed E-state index contributed by atoms with van der Waals surface area (Å²) in [6, 6.07) is 10.5. The number of halogens is 1. The maximum absolute atomic E-state index is 12.8. The van der Waals surface area contributed by atoms with Crippen molar-refractivity contribution in [2.75, 3.05) is 20.1 Å². The topological polar surface area (TPSA) is 74.6 Å². The van der Waals surface area contributed by atoms with Gasteiger partial charge in [-0.1, -0.05) is 31.4 Å². The average molecular weight is 536 g/mol. The number of likely N-dealkylation sites (tertiary alicyclic amines) is 1. The molecule has 168 valence electrons. The van der Waals surface area contributed by atoms with Crippen molar-refractivity contribution in [3.05, 3.63) is 48.3 Å². The third-order valence-corrected chi connectivity index (χ3v) is 6.16. The van der Waals surface area contributed by atoms with E-state index in [1.54, 1.807) is 13.2 Å². The smallest absolute Gasteiger partial charge is 0.225 e. The van der Waals surface area contributed by atoms with Crippen LogP contribution in [-0.4, -0.2) is 52.7 Å². The molecule has 2 heterocycles. The maximum atomic E-state index is 12.8.